The minimum atomic E-state index is -0.177. The van der Waals surface area contributed by atoms with Gasteiger partial charge in [-0.15, -0.1) is 10.2 Å². The van der Waals surface area contributed by atoms with E-state index < -0.39 is 0 Å². The molecule has 3 aromatic heterocycles. The Bertz CT molecular complexity index is 1130. The van der Waals surface area contributed by atoms with Crippen LogP contribution in [-0.4, -0.2) is 37.5 Å². The smallest absolute Gasteiger partial charge is 0.220 e. The summed E-state index contributed by atoms with van der Waals surface area (Å²) in [7, 11) is 0. The van der Waals surface area contributed by atoms with Crippen molar-refractivity contribution >= 4 is 23.3 Å². The Morgan fingerprint density at radius 2 is 2.00 bits per heavy atom. The molecule has 31 heavy (non-hydrogen) atoms. The fourth-order valence-corrected chi connectivity index (χ4v) is 3.90. The average molecular weight is 436 g/mol. The minimum absolute atomic E-state index is 0.00590. The number of hydrogen-bond donors (Lipinski definition) is 1. The summed E-state index contributed by atoms with van der Waals surface area (Å²) < 4.78 is 7.76. The van der Waals surface area contributed by atoms with Gasteiger partial charge in [0.1, 0.15) is 0 Å². The summed E-state index contributed by atoms with van der Waals surface area (Å²) in [5.41, 5.74) is 1.77. The topological polar surface area (TPSA) is 85.3 Å². The van der Waals surface area contributed by atoms with Crippen LogP contribution in [0.1, 0.15) is 37.0 Å². The molecule has 7 nitrogen and oxygen atoms in total. The highest BCUT2D eigenvalue weighted by molar-refractivity contribution is 7.98. The molecule has 0 bridgehead atoms. The van der Waals surface area contributed by atoms with Gasteiger partial charge in [-0.3, -0.25) is 9.20 Å². The van der Waals surface area contributed by atoms with Crippen LogP contribution in [0, 0.1) is 0 Å². The third-order valence-electron chi connectivity index (χ3n) is 5.00. The van der Waals surface area contributed by atoms with Crippen LogP contribution in [0.25, 0.3) is 17.0 Å². The van der Waals surface area contributed by atoms with E-state index in [1.807, 2.05) is 59.1 Å². The molecule has 4 aromatic rings. The Hall–Kier alpha value is -3.13. The molecule has 0 aliphatic carbocycles. The molecule has 160 valence electrons. The fourth-order valence-electron chi connectivity index (χ4n) is 3.43. The van der Waals surface area contributed by atoms with Crippen LogP contribution in [0.5, 0.6) is 0 Å². The van der Waals surface area contributed by atoms with Gasteiger partial charge in [-0.2, -0.15) is 11.8 Å². The number of rotatable bonds is 10. The number of benzene rings is 1. The molecule has 0 aliphatic heterocycles. The number of oxazole rings is 1. The maximum absolute atomic E-state index is 12.6. The molecule has 3 heterocycles. The molecule has 0 saturated heterocycles. The second-order valence-corrected chi connectivity index (χ2v) is 8.21. The van der Waals surface area contributed by atoms with Gasteiger partial charge >= 0.3 is 0 Å². The van der Waals surface area contributed by atoms with E-state index in [0.717, 1.165) is 35.0 Å². The van der Waals surface area contributed by atoms with Crippen LogP contribution in [0.2, 0.25) is 0 Å². The lowest BCUT2D eigenvalue weighted by atomic mass is 10.1. The number of hydrogen-bond acceptors (Lipinski definition) is 6. The number of thioether (sulfide) groups is 1. The summed E-state index contributed by atoms with van der Waals surface area (Å²) in [5.74, 6) is 3.07. The van der Waals surface area contributed by atoms with E-state index in [9.17, 15) is 4.79 Å². The molecular formula is C23H25N5O2S. The van der Waals surface area contributed by atoms with E-state index in [1.54, 1.807) is 18.0 Å². The highest BCUT2D eigenvalue weighted by Gasteiger charge is 2.20. The lowest BCUT2D eigenvalue weighted by Gasteiger charge is -2.17. The Balaban J connectivity index is 1.34. The van der Waals surface area contributed by atoms with Gasteiger partial charge in [0.2, 0.25) is 5.91 Å². The van der Waals surface area contributed by atoms with Crippen molar-refractivity contribution in [1.29, 1.82) is 0 Å². The monoisotopic (exact) mass is 435 g/mol. The quantitative estimate of drug-likeness (QED) is 0.399. The molecule has 8 heteroatoms. The molecule has 1 atom stereocenters. The zero-order valence-corrected chi connectivity index (χ0v) is 18.2. The Morgan fingerprint density at radius 3 is 2.84 bits per heavy atom. The van der Waals surface area contributed by atoms with Gasteiger partial charge in [-0.1, -0.05) is 36.4 Å². The predicted molar refractivity (Wildman–Crippen MR) is 122 cm³/mol. The van der Waals surface area contributed by atoms with Crippen LogP contribution in [0.3, 0.4) is 0 Å². The zero-order chi connectivity index (χ0) is 21.5. The fraction of sp³-hybridized carbons (Fsp3) is 0.304. The number of aryl methyl sites for hydroxylation is 1. The number of nitrogens with one attached hydrogen (secondary N) is 1. The van der Waals surface area contributed by atoms with Crippen LogP contribution >= 0.6 is 11.8 Å². The molecule has 1 N–H and O–H groups in total. The summed E-state index contributed by atoms with van der Waals surface area (Å²) in [6, 6.07) is 15.5. The molecule has 0 fully saturated rings. The Kier molecular flexibility index (Phi) is 6.99. The minimum Gasteiger partial charge on any atom is -0.441 e. The molecule has 0 saturated carbocycles. The van der Waals surface area contributed by atoms with E-state index in [4.69, 9.17) is 4.42 Å². The van der Waals surface area contributed by atoms with Gasteiger partial charge in [0.05, 0.1) is 12.2 Å². The average Bonchev–Trinajstić information content (AvgIpc) is 3.45. The van der Waals surface area contributed by atoms with Crippen molar-refractivity contribution in [3.8, 4) is 11.3 Å². The number of aromatic nitrogens is 4. The van der Waals surface area contributed by atoms with Crippen molar-refractivity contribution < 1.29 is 9.21 Å². The van der Waals surface area contributed by atoms with Gasteiger partial charge in [-0.05, 0) is 37.0 Å². The van der Waals surface area contributed by atoms with Crippen molar-refractivity contribution in [2.24, 2.45) is 0 Å². The molecule has 0 radical (unpaired) electrons. The first-order valence-electron chi connectivity index (χ1n) is 10.3. The summed E-state index contributed by atoms with van der Waals surface area (Å²) in [4.78, 5) is 17.0. The normalized spacial score (nSPS) is 12.2. The molecule has 0 aliphatic rings. The number of carbonyl (C=O) groups is 1. The van der Waals surface area contributed by atoms with Crippen molar-refractivity contribution in [3.63, 3.8) is 0 Å². The first-order chi connectivity index (χ1) is 15.2. The zero-order valence-electron chi connectivity index (χ0n) is 17.4. The van der Waals surface area contributed by atoms with Crippen LogP contribution in [0.4, 0.5) is 0 Å². The summed E-state index contributed by atoms with van der Waals surface area (Å²) >= 11 is 1.75. The van der Waals surface area contributed by atoms with E-state index in [-0.39, 0.29) is 11.9 Å². The van der Waals surface area contributed by atoms with Crippen molar-refractivity contribution in [3.05, 3.63) is 72.6 Å². The van der Waals surface area contributed by atoms with Crippen LogP contribution in [0.15, 0.2) is 65.3 Å². The second kappa shape index (κ2) is 10.3. The van der Waals surface area contributed by atoms with Gasteiger partial charge < -0.3 is 9.73 Å². The molecule has 1 unspecified atom stereocenters. The number of nitrogens with zero attached hydrogens (tertiary/aromatic N) is 4. The maximum Gasteiger partial charge on any atom is 0.220 e. The standard InChI is InChI=1S/C23H25N5O2S/c1-31-15-13-18(23-27-26-20-10-5-6-14-28(20)23)25-21(29)11-7-12-22-24-16-19(30-22)17-8-3-2-4-9-17/h2-6,8-10,14,16,18H,7,11-13,15H2,1H3,(H,25,29). The molecular weight excluding hydrogens is 410 g/mol. The number of pyridine rings is 1. The lowest BCUT2D eigenvalue weighted by molar-refractivity contribution is -0.122. The van der Waals surface area contributed by atoms with Gasteiger partial charge in [0.25, 0.3) is 0 Å². The van der Waals surface area contributed by atoms with Crippen molar-refractivity contribution in [2.45, 2.75) is 31.7 Å². The Labute approximate surface area is 185 Å². The van der Waals surface area contributed by atoms with E-state index in [2.05, 4.69) is 26.8 Å². The van der Waals surface area contributed by atoms with Crippen LogP contribution < -0.4 is 5.32 Å². The van der Waals surface area contributed by atoms with Crippen molar-refractivity contribution in [2.75, 3.05) is 12.0 Å². The second-order valence-electron chi connectivity index (χ2n) is 7.23. The summed E-state index contributed by atoms with van der Waals surface area (Å²) in [5, 5.41) is 11.7. The van der Waals surface area contributed by atoms with Gasteiger partial charge in [0.15, 0.2) is 23.1 Å². The first-order valence-corrected chi connectivity index (χ1v) is 11.7. The van der Waals surface area contributed by atoms with Crippen LogP contribution in [-0.2, 0) is 11.2 Å². The number of amides is 1. The van der Waals surface area contributed by atoms with Gasteiger partial charge in [-0.25, -0.2) is 4.98 Å². The molecule has 1 amide bonds. The van der Waals surface area contributed by atoms with Crippen molar-refractivity contribution in [1.82, 2.24) is 24.9 Å². The predicted octanol–water partition coefficient (Wildman–Crippen LogP) is 4.32. The molecule has 0 spiro atoms. The van der Waals surface area contributed by atoms with E-state index in [0.29, 0.717) is 25.2 Å². The largest absolute Gasteiger partial charge is 0.441 e. The third-order valence-corrected chi connectivity index (χ3v) is 5.65. The maximum atomic E-state index is 12.6. The first kappa shape index (κ1) is 21.1. The summed E-state index contributed by atoms with van der Waals surface area (Å²) in [6.45, 7) is 0. The SMILES string of the molecule is CSCCC(NC(=O)CCCc1ncc(-c2ccccc2)o1)c1nnc2ccccn12. The van der Waals surface area contributed by atoms with E-state index in [1.165, 1.54) is 0 Å². The number of carbonyl (C=O) groups excluding carboxylic acids is 1. The number of fused-ring (bicyclic) bond motifs is 1. The van der Waals surface area contributed by atoms with E-state index >= 15 is 0 Å². The lowest BCUT2D eigenvalue weighted by Crippen LogP contribution is -2.30. The summed E-state index contributed by atoms with van der Waals surface area (Å²) in [6.07, 6.45) is 8.19. The Morgan fingerprint density at radius 1 is 1.16 bits per heavy atom. The highest BCUT2D eigenvalue weighted by atomic mass is 32.2. The van der Waals surface area contributed by atoms with Gasteiger partial charge in [0, 0.05) is 24.6 Å². The third kappa shape index (κ3) is 5.32. The molecule has 1 aromatic carbocycles. The molecule has 4 rings (SSSR count). The highest BCUT2D eigenvalue weighted by Crippen LogP contribution is 2.21.